The smallest absolute Gasteiger partial charge is 0.144 e. The number of hydrogen-bond acceptors (Lipinski definition) is 3. The number of rotatable bonds is 5. The molecule has 4 N–H and O–H groups in total. The van der Waals surface area contributed by atoms with Crippen molar-refractivity contribution in [2.75, 3.05) is 6.54 Å². The molecule has 1 unspecified atom stereocenters. The molecule has 4 nitrogen and oxygen atoms in total. The molecule has 1 aliphatic carbocycles. The van der Waals surface area contributed by atoms with Crippen LogP contribution in [0.25, 0.3) is 0 Å². The number of nitrogens with one attached hydrogen (secondary N) is 1. The quantitative estimate of drug-likeness (QED) is 0.306. The van der Waals surface area contributed by atoms with E-state index in [9.17, 15) is 0 Å². The molecule has 0 aromatic heterocycles. The molecule has 0 heterocycles. The fourth-order valence-corrected chi connectivity index (χ4v) is 2.72. The monoisotopic (exact) mass is 255 g/mol. The first-order chi connectivity index (χ1) is 8.27. The summed E-state index contributed by atoms with van der Waals surface area (Å²) in [5.74, 6) is 0.313. The van der Waals surface area contributed by atoms with Gasteiger partial charge in [0.25, 0.3) is 0 Å². The molecule has 0 amide bonds. The Morgan fingerprint density at radius 3 is 2.72 bits per heavy atom. The van der Waals surface area contributed by atoms with Gasteiger partial charge in [-0.15, -0.1) is 0 Å². The van der Waals surface area contributed by atoms with Crippen molar-refractivity contribution < 1.29 is 5.21 Å². The van der Waals surface area contributed by atoms with E-state index in [0.29, 0.717) is 17.3 Å². The molecule has 1 saturated carbocycles. The Morgan fingerprint density at radius 2 is 2.17 bits per heavy atom. The highest BCUT2D eigenvalue weighted by molar-refractivity contribution is 5.85. The van der Waals surface area contributed by atoms with Gasteiger partial charge in [0.15, 0.2) is 0 Å². The second-order valence-electron chi connectivity index (χ2n) is 7.03. The zero-order valence-corrected chi connectivity index (χ0v) is 12.3. The molecule has 1 fully saturated rings. The van der Waals surface area contributed by atoms with Crippen molar-refractivity contribution in [2.24, 2.45) is 21.7 Å². The second-order valence-corrected chi connectivity index (χ2v) is 7.03. The van der Waals surface area contributed by atoms with Gasteiger partial charge in [0.1, 0.15) is 5.84 Å². The average Bonchev–Trinajstić information content (AvgIpc) is 2.26. The molecule has 18 heavy (non-hydrogen) atoms. The highest BCUT2D eigenvalue weighted by Crippen LogP contribution is 2.35. The lowest BCUT2D eigenvalue weighted by molar-refractivity contribution is 0.196. The van der Waals surface area contributed by atoms with Gasteiger partial charge >= 0.3 is 0 Å². The summed E-state index contributed by atoms with van der Waals surface area (Å²) in [7, 11) is 0. The first-order valence-corrected chi connectivity index (χ1v) is 6.98. The predicted octanol–water partition coefficient (Wildman–Crippen LogP) is 2.71. The number of amidine groups is 1. The summed E-state index contributed by atoms with van der Waals surface area (Å²) in [4.78, 5) is 0. The highest BCUT2D eigenvalue weighted by atomic mass is 16.4. The van der Waals surface area contributed by atoms with E-state index < -0.39 is 0 Å². The molecule has 0 bridgehead atoms. The Hall–Kier alpha value is -0.770. The van der Waals surface area contributed by atoms with Gasteiger partial charge in [-0.1, -0.05) is 39.3 Å². The van der Waals surface area contributed by atoms with Gasteiger partial charge in [-0.25, -0.2) is 0 Å². The molecule has 1 rings (SSSR count). The topological polar surface area (TPSA) is 70.6 Å². The largest absolute Gasteiger partial charge is 0.409 e. The molecule has 106 valence electrons. The Labute approximate surface area is 111 Å². The minimum Gasteiger partial charge on any atom is -0.409 e. The molecule has 0 aliphatic heterocycles. The molecule has 1 aliphatic rings. The zero-order chi connectivity index (χ0) is 13.8. The lowest BCUT2D eigenvalue weighted by Gasteiger charge is -2.36. The summed E-state index contributed by atoms with van der Waals surface area (Å²) >= 11 is 0. The van der Waals surface area contributed by atoms with Crippen LogP contribution in [0.2, 0.25) is 0 Å². The normalized spacial score (nSPS) is 25.1. The number of oxime groups is 1. The van der Waals surface area contributed by atoms with Crippen molar-refractivity contribution in [3.8, 4) is 0 Å². The first-order valence-electron chi connectivity index (χ1n) is 6.98. The summed E-state index contributed by atoms with van der Waals surface area (Å²) in [5, 5.41) is 15.5. The van der Waals surface area contributed by atoms with Crippen LogP contribution in [0.5, 0.6) is 0 Å². The van der Waals surface area contributed by atoms with Crippen LogP contribution in [-0.4, -0.2) is 23.6 Å². The van der Waals surface area contributed by atoms with Gasteiger partial charge in [-0.3, -0.25) is 0 Å². The van der Waals surface area contributed by atoms with Gasteiger partial charge in [-0.05, 0) is 37.6 Å². The Morgan fingerprint density at radius 1 is 1.50 bits per heavy atom. The van der Waals surface area contributed by atoms with Gasteiger partial charge in [0.05, 0.1) is 0 Å². The summed E-state index contributed by atoms with van der Waals surface area (Å²) in [5.41, 5.74) is 5.91. The highest BCUT2D eigenvalue weighted by Gasteiger charge is 2.28. The third kappa shape index (κ3) is 4.48. The zero-order valence-electron chi connectivity index (χ0n) is 12.3. The van der Waals surface area contributed by atoms with E-state index in [4.69, 9.17) is 10.9 Å². The summed E-state index contributed by atoms with van der Waals surface area (Å²) < 4.78 is 0. The van der Waals surface area contributed by atoms with Crippen LogP contribution < -0.4 is 11.1 Å². The van der Waals surface area contributed by atoms with Crippen LogP contribution in [0.15, 0.2) is 5.16 Å². The minimum absolute atomic E-state index is 0.244. The maximum atomic E-state index is 8.73. The fourth-order valence-electron chi connectivity index (χ4n) is 2.72. The average molecular weight is 255 g/mol. The minimum atomic E-state index is -0.244. The summed E-state index contributed by atoms with van der Waals surface area (Å²) in [6, 6.07) is 0.622. The van der Waals surface area contributed by atoms with Crippen molar-refractivity contribution in [1.82, 2.24) is 5.32 Å². The van der Waals surface area contributed by atoms with Crippen LogP contribution in [0.4, 0.5) is 0 Å². The van der Waals surface area contributed by atoms with Crippen LogP contribution in [0.3, 0.4) is 0 Å². The number of nitrogens with two attached hydrogens (primary N) is 1. The van der Waals surface area contributed by atoms with E-state index in [1.807, 2.05) is 13.8 Å². The Balaban J connectivity index is 2.34. The van der Waals surface area contributed by atoms with Crippen molar-refractivity contribution in [3.63, 3.8) is 0 Å². The third-order valence-corrected chi connectivity index (χ3v) is 4.19. The fraction of sp³-hybridized carbons (Fsp3) is 0.929. The summed E-state index contributed by atoms with van der Waals surface area (Å²) in [6.45, 7) is 9.63. The predicted molar refractivity (Wildman–Crippen MR) is 75.8 cm³/mol. The summed E-state index contributed by atoms with van der Waals surface area (Å²) in [6.07, 6.45) is 6.05. The number of nitrogens with zero attached hydrogens (tertiary/aromatic N) is 1. The van der Waals surface area contributed by atoms with Crippen LogP contribution in [0.1, 0.15) is 59.8 Å². The number of hydrogen-bond donors (Lipinski definition) is 3. The van der Waals surface area contributed by atoms with Gasteiger partial charge < -0.3 is 16.3 Å². The van der Waals surface area contributed by atoms with Crippen molar-refractivity contribution in [3.05, 3.63) is 0 Å². The maximum Gasteiger partial charge on any atom is 0.144 e. The van der Waals surface area contributed by atoms with E-state index >= 15 is 0 Å². The molecule has 4 heteroatoms. The van der Waals surface area contributed by atoms with E-state index in [-0.39, 0.29) is 5.41 Å². The third-order valence-electron chi connectivity index (χ3n) is 4.19. The maximum absolute atomic E-state index is 8.73. The van der Waals surface area contributed by atoms with E-state index in [1.54, 1.807) is 0 Å². The van der Waals surface area contributed by atoms with E-state index in [0.717, 1.165) is 13.0 Å². The van der Waals surface area contributed by atoms with E-state index in [2.05, 4.69) is 24.3 Å². The van der Waals surface area contributed by atoms with Crippen LogP contribution in [-0.2, 0) is 0 Å². The first kappa shape index (κ1) is 15.3. The van der Waals surface area contributed by atoms with Crippen LogP contribution in [0, 0.1) is 10.8 Å². The molecule has 0 saturated heterocycles. The molecular formula is C14H29N3O. The van der Waals surface area contributed by atoms with Gasteiger partial charge in [-0.2, -0.15) is 0 Å². The van der Waals surface area contributed by atoms with E-state index in [1.165, 1.54) is 25.7 Å². The molecule has 0 aromatic carbocycles. The molecule has 1 atom stereocenters. The van der Waals surface area contributed by atoms with Crippen molar-refractivity contribution >= 4 is 5.84 Å². The van der Waals surface area contributed by atoms with Crippen LogP contribution >= 0.6 is 0 Å². The van der Waals surface area contributed by atoms with Gasteiger partial charge in [0, 0.05) is 11.5 Å². The molecule has 0 spiro atoms. The lowest BCUT2D eigenvalue weighted by Crippen LogP contribution is -2.40. The standard InChI is InChI=1S/C14H29N3O/c1-13(2)7-5-6-11(10-13)16-9-8-14(3,4)12(15)17-18/h11,16,18H,5-10H2,1-4H3,(H2,15,17). The molecular weight excluding hydrogens is 226 g/mol. The molecule has 0 aromatic rings. The second kappa shape index (κ2) is 5.91. The lowest BCUT2D eigenvalue weighted by atomic mass is 9.75. The Bertz CT molecular complexity index is 297. The molecule has 0 radical (unpaired) electrons. The SMILES string of the molecule is CC1(C)CCCC(NCCC(C)(C)C(N)=NO)C1. The van der Waals surface area contributed by atoms with Gasteiger partial charge in [0.2, 0.25) is 0 Å². The van der Waals surface area contributed by atoms with Crippen molar-refractivity contribution in [2.45, 2.75) is 65.8 Å². The van der Waals surface area contributed by atoms with Crippen molar-refractivity contribution in [1.29, 1.82) is 0 Å². The Kier molecular flexibility index (Phi) is 5.02.